The molecule has 0 aliphatic heterocycles. The molecule has 2 aromatic rings. The van der Waals surface area contributed by atoms with E-state index >= 15 is 0 Å². The largest absolute Gasteiger partial charge is 0.496 e. The summed E-state index contributed by atoms with van der Waals surface area (Å²) in [7, 11) is 3.03. The average molecular weight is 259 g/mol. The van der Waals surface area contributed by atoms with Gasteiger partial charge in [0.2, 0.25) is 0 Å². The summed E-state index contributed by atoms with van der Waals surface area (Å²) in [6, 6.07) is 5.79. The van der Waals surface area contributed by atoms with Crippen molar-refractivity contribution in [2.75, 3.05) is 14.2 Å². The first-order valence-electron chi connectivity index (χ1n) is 6.07. The molecular weight excluding hydrogens is 242 g/mol. The van der Waals surface area contributed by atoms with E-state index < -0.39 is 0 Å². The Kier molecular flexibility index (Phi) is 3.69. The SMILES string of the molecule is COC(=O)Cc1cc(C)c2nc(C)cc(OC)c2c1. The molecule has 0 amide bonds. The number of nitrogens with zero attached hydrogens (tertiary/aromatic N) is 1. The topological polar surface area (TPSA) is 48.4 Å². The van der Waals surface area contributed by atoms with E-state index in [0.717, 1.165) is 33.5 Å². The Balaban J connectivity index is 2.61. The van der Waals surface area contributed by atoms with Gasteiger partial charge in [-0.2, -0.15) is 0 Å². The van der Waals surface area contributed by atoms with E-state index in [1.807, 2.05) is 32.0 Å². The average Bonchev–Trinajstić information content (AvgIpc) is 2.38. The number of aryl methyl sites for hydroxylation is 2. The van der Waals surface area contributed by atoms with Gasteiger partial charge >= 0.3 is 5.97 Å². The third-order valence-electron chi connectivity index (χ3n) is 3.05. The smallest absolute Gasteiger partial charge is 0.309 e. The third-order valence-corrected chi connectivity index (χ3v) is 3.05. The summed E-state index contributed by atoms with van der Waals surface area (Å²) in [6.07, 6.45) is 0.254. The minimum Gasteiger partial charge on any atom is -0.496 e. The van der Waals surface area contributed by atoms with Gasteiger partial charge in [-0.25, -0.2) is 0 Å². The van der Waals surface area contributed by atoms with Crippen molar-refractivity contribution in [3.05, 3.63) is 35.0 Å². The van der Waals surface area contributed by atoms with Crippen molar-refractivity contribution in [3.63, 3.8) is 0 Å². The molecule has 4 nitrogen and oxygen atoms in total. The van der Waals surface area contributed by atoms with Crippen molar-refractivity contribution in [2.45, 2.75) is 20.3 Å². The summed E-state index contributed by atoms with van der Waals surface area (Å²) in [5, 5.41) is 0.923. The van der Waals surface area contributed by atoms with E-state index in [1.165, 1.54) is 7.11 Å². The molecule has 4 heteroatoms. The fourth-order valence-corrected chi connectivity index (χ4v) is 2.18. The van der Waals surface area contributed by atoms with Gasteiger partial charge in [0.05, 0.1) is 26.2 Å². The number of fused-ring (bicyclic) bond motifs is 1. The van der Waals surface area contributed by atoms with Crippen LogP contribution in [0.15, 0.2) is 18.2 Å². The molecule has 0 spiro atoms. The summed E-state index contributed by atoms with van der Waals surface area (Å²) in [6.45, 7) is 3.92. The zero-order valence-corrected chi connectivity index (χ0v) is 11.6. The molecule has 0 radical (unpaired) electrons. The molecule has 0 N–H and O–H groups in total. The third kappa shape index (κ3) is 2.67. The van der Waals surface area contributed by atoms with Crippen molar-refractivity contribution >= 4 is 16.9 Å². The highest BCUT2D eigenvalue weighted by molar-refractivity contribution is 5.89. The van der Waals surface area contributed by atoms with Gasteiger partial charge in [-0.1, -0.05) is 6.07 Å². The normalized spacial score (nSPS) is 10.5. The second-order valence-corrected chi connectivity index (χ2v) is 4.53. The second-order valence-electron chi connectivity index (χ2n) is 4.53. The first kappa shape index (κ1) is 13.3. The Morgan fingerprint density at radius 3 is 2.58 bits per heavy atom. The lowest BCUT2D eigenvalue weighted by Gasteiger charge is -2.11. The van der Waals surface area contributed by atoms with Crippen LogP contribution < -0.4 is 4.74 Å². The van der Waals surface area contributed by atoms with Crippen molar-refractivity contribution in [1.82, 2.24) is 4.98 Å². The Labute approximate surface area is 112 Å². The van der Waals surface area contributed by atoms with Crippen molar-refractivity contribution in [2.24, 2.45) is 0 Å². The Bertz CT molecular complexity index is 635. The fourth-order valence-electron chi connectivity index (χ4n) is 2.18. The molecule has 0 fully saturated rings. The highest BCUT2D eigenvalue weighted by atomic mass is 16.5. The molecule has 0 bridgehead atoms. The summed E-state index contributed by atoms with van der Waals surface area (Å²) >= 11 is 0. The molecule has 0 saturated heterocycles. The lowest BCUT2D eigenvalue weighted by molar-refractivity contribution is -0.139. The minimum absolute atomic E-state index is 0.252. The number of aromatic nitrogens is 1. The minimum atomic E-state index is -0.252. The van der Waals surface area contributed by atoms with Crippen LogP contribution in [-0.4, -0.2) is 25.2 Å². The maximum Gasteiger partial charge on any atom is 0.309 e. The second kappa shape index (κ2) is 5.26. The van der Waals surface area contributed by atoms with Gasteiger partial charge in [0, 0.05) is 17.1 Å². The van der Waals surface area contributed by atoms with Crippen molar-refractivity contribution < 1.29 is 14.3 Å². The first-order chi connectivity index (χ1) is 9.05. The van der Waals surface area contributed by atoms with Gasteiger partial charge < -0.3 is 9.47 Å². The summed E-state index contributed by atoms with van der Waals surface area (Å²) < 4.78 is 10.1. The molecule has 0 aliphatic rings. The zero-order chi connectivity index (χ0) is 14.0. The van der Waals surface area contributed by atoms with E-state index in [-0.39, 0.29) is 12.4 Å². The van der Waals surface area contributed by atoms with Crippen LogP contribution in [0.4, 0.5) is 0 Å². The van der Waals surface area contributed by atoms with Crippen LogP contribution in [0, 0.1) is 13.8 Å². The number of pyridine rings is 1. The van der Waals surface area contributed by atoms with Crippen LogP contribution in [0.5, 0.6) is 5.75 Å². The van der Waals surface area contributed by atoms with Crippen molar-refractivity contribution in [3.8, 4) is 5.75 Å². The van der Waals surface area contributed by atoms with E-state index in [1.54, 1.807) is 7.11 Å². The highest BCUT2D eigenvalue weighted by Crippen LogP contribution is 2.28. The number of hydrogen-bond donors (Lipinski definition) is 0. The van der Waals surface area contributed by atoms with Crippen LogP contribution in [0.3, 0.4) is 0 Å². The number of methoxy groups -OCH3 is 2. The van der Waals surface area contributed by atoms with Gasteiger partial charge in [-0.15, -0.1) is 0 Å². The molecule has 0 unspecified atom stereocenters. The van der Waals surface area contributed by atoms with Gasteiger partial charge in [-0.05, 0) is 31.0 Å². The van der Waals surface area contributed by atoms with Gasteiger partial charge in [0.25, 0.3) is 0 Å². The molecule has 1 heterocycles. The summed E-state index contributed by atoms with van der Waals surface area (Å²) in [4.78, 5) is 15.9. The van der Waals surface area contributed by atoms with Crippen LogP contribution in [0.1, 0.15) is 16.8 Å². The maximum atomic E-state index is 11.4. The lowest BCUT2D eigenvalue weighted by Crippen LogP contribution is -2.05. The van der Waals surface area contributed by atoms with Crippen LogP contribution in [0.25, 0.3) is 10.9 Å². The van der Waals surface area contributed by atoms with Gasteiger partial charge in [0.1, 0.15) is 5.75 Å². The number of esters is 1. The standard InChI is InChI=1S/C15H17NO3/c1-9-5-11(8-14(17)19-4)7-12-13(18-3)6-10(2)16-15(9)12/h5-7H,8H2,1-4H3. The van der Waals surface area contributed by atoms with Crippen molar-refractivity contribution in [1.29, 1.82) is 0 Å². The molecule has 2 rings (SSSR count). The fraction of sp³-hybridized carbons (Fsp3) is 0.333. The van der Waals surface area contributed by atoms with Gasteiger partial charge in [-0.3, -0.25) is 9.78 Å². The lowest BCUT2D eigenvalue weighted by atomic mass is 10.0. The predicted octanol–water partition coefficient (Wildman–Crippen LogP) is 2.58. The summed E-state index contributed by atoms with van der Waals surface area (Å²) in [5.41, 5.74) is 3.75. The predicted molar refractivity (Wildman–Crippen MR) is 73.5 cm³/mol. The van der Waals surface area contributed by atoms with Crippen LogP contribution in [0.2, 0.25) is 0 Å². The number of benzene rings is 1. The number of rotatable bonds is 3. The molecule has 1 aromatic heterocycles. The number of ether oxygens (including phenoxy) is 2. The highest BCUT2D eigenvalue weighted by Gasteiger charge is 2.11. The van der Waals surface area contributed by atoms with E-state index in [0.29, 0.717) is 0 Å². The Morgan fingerprint density at radius 1 is 1.21 bits per heavy atom. The molecule has 1 aromatic carbocycles. The molecule has 100 valence electrons. The van der Waals surface area contributed by atoms with Crippen LogP contribution >= 0.6 is 0 Å². The Hall–Kier alpha value is -2.10. The number of carbonyl (C=O) groups is 1. The summed E-state index contributed by atoms with van der Waals surface area (Å²) in [5.74, 6) is 0.523. The first-order valence-corrected chi connectivity index (χ1v) is 6.07. The monoisotopic (exact) mass is 259 g/mol. The molecule has 19 heavy (non-hydrogen) atoms. The molecule has 0 atom stereocenters. The van der Waals surface area contributed by atoms with Crippen LogP contribution in [-0.2, 0) is 16.0 Å². The molecular formula is C15H17NO3. The molecule has 0 saturated carbocycles. The molecule has 0 aliphatic carbocycles. The van der Waals surface area contributed by atoms with E-state index in [2.05, 4.69) is 4.98 Å². The Morgan fingerprint density at radius 2 is 1.95 bits per heavy atom. The zero-order valence-electron chi connectivity index (χ0n) is 11.6. The quantitative estimate of drug-likeness (QED) is 0.795. The number of carbonyl (C=O) groups excluding carboxylic acids is 1. The van der Waals surface area contributed by atoms with E-state index in [4.69, 9.17) is 9.47 Å². The van der Waals surface area contributed by atoms with Gasteiger partial charge in [0.15, 0.2) is 0 Å². The number of hydrogen-bond acceptors (Lipinski definition) is 4. The maximum absolute atomic E-state index is 11.4. The van der Waals surface area contributed by atoms with E-state index in [9.17, 15) is 4.79 Å².